The van der Waals surface area contributed by atoms with E-state index in [1.165, 1.54) is 18.1 Å². The molecule has 0 amide bonds. The number of aromatic nitrogens is 4. The number of ether oxygens (including phenoxy) is 1. The maximum atomic E-state index is 11.9. The van der Waals surface area contributed by atoms with Gasteiger partial charge in [-0.25, -0.2) is 15.0 Å². The van der Waals surface area contributed by atoms with Crippen molar-refractivity contribution in [3.8, 4) is 0 Å². The highest BCUT2D eigenvalue weighted by Gasteiger charge is 2.32. The maximum Gasteiger partial charge on any atom is 0.697 e. The van der Waals surface area contributed by atoms with Crippen molar-refractivity contribution < 1.29 is 23.1 Å². The number of nitrogen functional groups attached to an aromatic ring is 1. The summed E-state index contributed by atoms with van der Waals surface area (Å²) < 4.78 is 30.1. The average molecular weight is 442 g/mol. The van der Waals surface area contributed by atoms with E-state index in [1.54, 1.807) is 6.33 Å². The summed E-state index contributed by atoms with van der Waals surface area (Å²) in [6, 6.07) is 0. The number of imidazole rings is 1. The summed E-state index contributed by atoms with van der Waals surface area (Å²) in [4.78, 5) is 24.2. The predicted molar refractivity (Wildman–Crippen MR) is 109 cm³/mol. The summed E-state index contributed by atoms with van der Waals surface area (Å²) >= 11 is 1.17. The van der Waals surface area contributed by atoms with E-state index in [2.05, 4.69) is 15.0 Å². The summed E-state index contributed by atoms with van der Waals surface area (Å²) in [6.07, 6.45) is 4.04. The highest BCUT2D eigenvalue weighted by atomic mass is 32.2. The first-order valence-electron chi connectivity index (χ1n) is 9.24. The number of nitrogens with two attached hydrogens (primary N) is 1. The molecular weight excluding hydrogens is 417 g/mol. The molecule has 1 saturated heterocycles. The van der Waals surface area contributed by atoms with Crippen LogP contribution < -0.4 is 5.73 Å². The molecular formula is C17H25N5O5PS+. The minimum atomic E-state index is -2.26. The van der Waals surface area contributed by atoms with Gasteiger partial charge in [0.25, 0.3) is 0 Å². The zero-order valence-electron chi connectivity index (χ0n) is 16.6. The number of carbonyl (C=O) groups excluding carboxylic acids is 1. The molecule has 1 fully saturated rings. The Kier molecular flexibility index (Phi) is 7.18. The summed E-state index contributed by atoms with van der Waals surface area (Å²) in [6.45, 7) is 5.91. The van der Waals surface area contributed by atoms with Gasteiger partial charge in [-0.2, -0.15) is 0 Å². The van der Waals surface area contributed by atoms with Gasteiger partial charge in [-0.05, 0) is 12.8 Å². The molecule has 1 unspecified atom stereocenters. The van der Waals surface area contributed by atoms with Crippen molar-refractivity contribution in [3.05, 3.63) is 12.7 Å². The van der Waals surface area contributed by atoms with Crippen LogP contribution in [-0.2, 0) is 23.1 Å². The van der Waals surface area contributed by atoms with E-state index >= 15 is 0 Å². The standard InChI is InChI=1S/C17H25N5O5PS/c1-17(2,3)16(23)29-7-6-25-28(24)26-8-11-4-5-12(27-11)22-10-21-13-14(18)19-9-20-15(13)22/h9-12H,4-8H2,1-3H3,(H2,18,19,20)/q+1/t11-,12+/m1/s1. The van der Waals surface area contributed by atoms with Gasteiger partial charge in [0.15, 0.2) is 16.6 Å². The van der Waals surface area contributed by atoms with Crippen molar-refractivity contribution in [2.24, 2.45) is 5.41 Å². The second-order valence-corrected chi connectivity index (χ2v) is 9.64. The number of anilines is 1. The fraction of sp³-hybridized carbons (Fsp3) is 0.647. The number of hydrogen-bond acceptors (Lipinski definition) is 10. The SMILES string of the molecule is CC(C)(C)C(=O)SCCO[P+](=O)OC[C@H]1CC[C@@H](n2cnc3c(N)ncnc32)O1. The quantitative estimate of drug-likeness (QED) is 0.480. The maximum absolute atomic E-state index is 11.9. The van der Waals surface area contributed by atoms with Crippen LogP contribution in [-0.4, -0.2) is 49.7 Å². The Bertz CT molecular complexity index is 887. The van der Waals surface area contributed by atoms with Gasteiger partial charge in [-0.15, -0.1) is 9.05 Å². The highest BCUT2D eigenvalue weighted by Crippen LogP contribution is 2.33. The minimum Gasteiger partial charge on any atom is -0.382 e. The van der Waals surface area contributed by atoms with E-state index in [0.29, 0.717) is 22.7 Å². The monoisotopic (exact) mass is 442 g/mol. The second kappa shape index (κ2) is 9.44. The van der Waals surface area contributed by atoms with Crippen LogP contribution >= 0.6 is 20.0 Å². The topological polar surface area (TPSA) is 131 Å². The molecule has 3 atom stereocenters. The molecule has 1 aliphatic rings. The lowest BCUT2D eigenvalue weighted by molar-refractivity contribution is -0.117. The number of hydrogen-bond donors (Lipinski definition) is 1. The van der Waals surface area contributed by atoms with Crippen molar-refractivity contribution in [3.63, 3.8) is 0 Å². The van der Waals surface area contributed by atoms with Gasteiger partial charge < -0.3 is 10.5 Å². The molecule has 0 bridgehead atoms. The summed E-state index contributed by atoms with van der Waals surface area (Å²) in [5, 5.41) is 0.0710. The lowest BCUT2D eigenvalue weighted by atomic mass is 10.00. The first-order valence-corrected chi connectivity index (χ1v) is 11.3. The Morgan fingerprint density at radius 3 is 2.90 bits per heavy atom. The van der Waals surface area contributed by atoms with Crippen LogP contribution in [0.3, 0.4) is 0 Å². The molecule has 29 heavy (non-hydrogen) atoms. The Morgan fingerprint density at radius 2 is 2.14 bits per heavy atom. The molecule has 3 heterocycles. The number of thioether (sulfide) groups is 1. The first-order chi connectivity index (χ1) is 13.8. The Morgan fingerprint density at radius 1 is 1.34 bits per heavy atom. The summed E-state index contributed by atoms with van der Waals surface area (Å²) in [5.74, 6) is 0.754. The Labute approximate surface area is 173 Å². The van der Waals surface area contributed by atoms with Crippen LogP contribution in [0, 0.1) is 5.41 Å². The minimum absolute atomic E-state index is 0.0710. The van der Waals surface area contributed by atoms with Gasteiger partial charge >= 0.3 is 8.25 Å². The molecule has 0 aromatic carbocycles. The Balaban J connectivity index is 1.39. The lowest BCUT2D eigenvalue weighted by Crippen LogP contribution is -2.17. The molecule has 10 nitrogen and oxygen atoms in total. The summed E-state index contributed by atoms with van der Waals surface area (Å²) in [7, 11) is -2.26. The molecule has 0 spiro atoms. The number of nitrogens with zero attached hydrogens (tertiary/aromatic N) is 4. The van der Waals surface area contributed by atoms with Crippen LogP contribution in [0.5, 0.6) is 0 Å². The number of fused-ring (bicyclic) bond motifs is 1. The number of rotatable bonds is 8. The molecule has 3 rings (SSSR count). The normalized spacial score (nSPS) is 20.3. The molecule has 0 radical (unpaired) electrons. The van der Waals surface area contributed by atoms with Crippen molar-refractivity contribution in [1.29, 1.82) is 0 Å². The van der Waals surface area contributed by atoms with Crippen molar-refractivity contribution in [2.45, 2.75) is 45.9 Å². The fourth-order valence-electron chi connectivity index (χ4n) is 2.74. The van der Waals surface area contributed by atoms with Gasteiger partial charge in [0.05, 0.1) is 12.4 Å². The zero-order chi connectivity index (χ0) is 21.0. The second-order valence-electron chi connectivity index (χ2n) is 7.61. The van der Waals surface area contributed by atoms with Crippen LogP contribution in [0.2, 0.25) is 0 Å². The van der Waals surface area contributed by atoms with E-state index in [-0.39, 0.29) is 30.7 Å². The summed E-state index contributed by atoms with van der Waals surface area (Å²) in [5.41, 5.74) is 6.55. The van der Waals surface area contributed by atoms with E-state index in [4.69, 9.17) is 19.5 Å². The van der Waals surface area contributed by atoms with E-state index in [9.17, 15) is 9.36 Å². The smallest absolute Gasteiger partial charge is 0.382 e. The third-order valence-electron chi connectivity index (χ3n) is 4.27. The fourth-order valence-corrected chi connectivity index (χ4v) is 4.25. The zero-order valence-corrected chi connectivity index (χ0v) is 18.3. The molecule has 1 aliphatic heterocycles. The van der Waals surface area contributed by atoms with Crippen molar-refractivity contribution in [2.75, 3.05) is 24.7 Å². The van der Waals surface area contributed by atoms with Gasteiger partial charge in [-0.1, -0.05) is 32.5 Å². The molecule has 0 aliphatic carbocycles. The number of carbonyl (C=O) groups is 1. The van der Waals surface area contributed by atoms with Crippen LogP contribution in [0.4, 0.5) is 5.82 Å². The van der Waals surface area contributed by atoms with Gasteiger partial charge in [0.2, 0.25) is 0 Å². The molecule has 12 heteroatoms. The Hall–Kier alpha value is -1.65. The predicted octanol–water partition coefficient (Wildman–Crippen LogP) is 3.08. The lowest BCUT2D eigenvalue weighted by Gasteiger charge is -2.14. The first kappa shape index (κ1) is 22.0. The van der Waals surface area contributed by atoms with Gasteiger partial charge in [-0.3, -0.25) is 9.36 Å². The van der Waals surface area contributed by atoms with Crippen LogP contribution in [0.15, 0.2) is 12.7 Å². The van der Waals surface area contributed by atoms with Crippen molar-refractivity contribution in [1.82, 2.24) is 19.5 Å². The van der Waals surface area contributed by atoms with Crippen molar-refractivity contribution >= 4 is 42.1 Å². The van der Waals surface area contributed by atoms with E-state index in [1.807, 2.05) is 25.3 Å². The average Bonchev–Trinajstić information content (AvgIpc) is 3.30. The largest absolute Gasteiger partial charge is 0.697 e. The molecule has 158 valence electrons. The van der Waals surface area contributed by atoms with Crippen LogP contribution in [0.1, 0.15) is 39.8 Å². The third kappa shape index (κ3) is 5.70. The molecule has 2 N–H and O–H groups in total. The van der Waals surface area contributed by atoms with Gasteiger partial charge in [0.1, 0.15) is 31.3 Å². The highest BCUT2D eigenvalue weighted by molar-refractivity contribution is 8.13. The van der Waals surface area contributed by atoms with E-state index < -0.39 is 13.7 Å². The molecule has 2 aromatic rings. The molecule has 2 aromatic heterocycles. The van der Waals surface area contributed by atoms with Crippen LogP contribution in [0.25, 0.3) is 11.2 Å². The third-order valence-corrected chi connectivity index (χ3v) is 6.27. The molecule has 0 saturated carbocycles. The van der Waals surface area contributed by atoms with Gasteiger partial charge in [0, 0.05) is 15.7 Å². The van der Waals surface area contributed by atoms with E-state index in [0.717, 1.165) is 12.8 Å².